The van der Waals surface area contributed by atoms with Gasteiger partial charge in [-0.15, -0.1) is 0 Å². The summed E-state index contributed by atoms with van der Waals surface area (Å²) in [7, 11) is 0. The Kier molecular flexibility index (Phi) is 4.16. The molecule has 2 heteroatoms. The Balaban J connectivity index is 2.59. The van der Waals surface area contributed by atoms with E-state index in [-0.39, 0.29) is 0 Å². The molecule has 13 heavy (non-hydrogen) atoms. The van der Waals surface area contributed by atoms with Crippen molar-refractivity contribution in [2.45, 2.75) is 32.6 Å². The Bertz CT molecular complexity index is 271. The average Bonchev–Trinajstić information content (AvgIpc) is 2.19. The van der Waals surface area contributed by atoms with E-state index in [1.54, 1.807) is 12.3 Å². The van der Waals surface area contributed by atoms with Crippen LogP contribution in [0.5, 0.6) is 0 Å². The van der Waals surface area contributed by atoms with Gasteiger partial charge in [0.1, 0.15) is 0 Å². The van der Waals surface area contributed by atoms with Crippen molar-refractivity contribution in [3.05, 3.63) is 29.6 Å². The molecule has 0 unspecified atom stereocenters. The van der Waals surface area contributed by atoms with Gasteiger partial charge in [0.05, 0.1) is 5.69 Å². The number of hydrogen-bond donors (Lipinski definition) is 0. The molecule has 0 spiro atoms. The average molecular weight is 177 g/mol. The number of hydrogen-bond acceptors (Lipinski definition) is 2. The highest BCUT2D eigenvalue weighted by atomic mass is 16.1. The summed E-state index contributed by atoms with van der Waals surface area (Å²) >= 11 is 0. The molecule has 0 radical (unpaired) electrons. The lowest BCUT2D eigenvalue weighted by atomic mass is 10.1. The zero-order chi connectivity index (χ0) is 9.52. The fourth-order valence-corrected chi connectivity index (χ4v) is 1.31. The molecule has 1 aromatic rings. The van der Waals surface area contributed by atoms with E-state index in [9.17, 15) is 4.79 Å². The molecule has 0 N–H and O–H groups in total. The summed E-state index contributed by atoms with van der Waals surface area (Å²) in [6, 6.07) is 3.62. The third kappa shape index (κ3) is 2.98. The molecule has 0 saturated carbocycles. The topological polar surface area (TPSA) is 30.0 Å². The van der Waals surface area contributed by atoms with Gasteiger partial charge in [0.2, 0.25) is 0 Å². The van der Waals surface area contributed by atoms with Gasteiger partial charge >= 0.3 is 0 Å². The highest BCUT2D eigenvalue weighted by Crippen LogP contribution is 2.07. The molecule has 0 bridgehead atoms. The van der Waals surface area contributed by atoms with Gasteiger partial charge in [-0.25, -0.2) is 0 Å². The summed E-state index contributed by atoms with van der Waals surface area (Å²) in [5.74, 6) is 0. The Morgan fingerprint density at radius 3 is 3.00 bits per heavy atom. The van der Waals surface area contributed by atoms with Gasteiger partial charge in [-0.2, -0.15) is 0 Å². The molecule has 0 saturated heterocycles. The van der Waals surface area contributed by atoms with E-state index in [4.69, 9.17) is 0 Å². The van der Waals surface area contributed by atoms with Gasteiger partial charge < -0.3 is 0 Å². The fraction of sp³-hybridized carbons (Fsp3) is 0.455. The number of aromatic nitrogens is 1. The number of unbranched alkanes of at least 4 members (excludes halogenated alkanes) is 2. The van der Waals surface area contributed by atoms with Gasteiger partial charge in [-0.1, -0.05) is 19.8 Å². The highest BCUT2D eigenvalue weighted by Gasteiger charge is 2.00. The smallest absolute Gasteiger partial charge is 0.151 e. The zero-order valence-corrected chi connectivity index (χ0v) is 7.99. The fourth-order valence-electron chi connectivity index (χ4n) is 1.31. The van der Waals surface area contributed by atoms with Crippen LogP contribution in [0, 0.1) is 0 Å². The molecule has 0 atom stereocenters. The first-order valence-electron chi connectivity index (χ1n) is 4.77. The maximum Gasteiger partial charge on any atom is 0.151 e. The SMILES string of the molecule is CCCCCc1ncccc1C=O. The lowest BCUT2D eigenvalue weighted by Crippen LogP contribution is -1.96. The number of aldehydes is 1. The van der Waals surface area contributed by atoms with Crippen LogP contribution in [0.4, 0.5) is 0 Å². The predicted molar refractivity (Wildman–Crippen MR) is 52.9 cm³/mol. The molecule has 70 valence electrons. The molecule has 0 aromatic carbocycles. The van der Waals surface area contributed by atoms with E-state index < -0.39 is 0 Å². The van der Waals surface area contributed by atoms with Gasteiger partial charge in [0.25, 0.3) is 0 Å². The molecular formula is C11H15NO. The van der Waals surface area contributed by atoms with Gasteiger partial charge in [0, 0.05) is 11.8 Å². The summed E-state index contributed by atoms with van der Waals surface area (Å²) in [5, 5.41) is 0. The molecule has 0 fully saturated rings. The second-order valence-corrected chi connectivity index (χ2v) is 3.11. The van der Waals surface area contributed by atoms with Crippen LogP contribution < -0.4 is 0 Å². The Morgan fingerprint density at radius 2 is 2.31 bits per heavy atom. The molecule has 2 nitrogen and oxygen atoms in total. The molecule has 0 aliphatic carbocycles. The van der Waals surface area contributed by atoms with Crippen molar-refractivity contribution in [2.24, 2.45) is 0 Å². The summed E-state index contributed by atoms with van der Waals surface area (Å²) in [4.78, 5) is 14.8. The molecule has 0 aliphatic rings. The highest BCUT2D eigenvalue weighted by molar-refractivity contribution is 5.76. The number of nitrogens with zero attached hydrogens (tertiary/aromatic N) is 1. The Labute approximate surface area is 79.0 Å². The largest absolute Gasteiger partial charge is 0.298 e. The minimum Gasteiger partial charge on any atom is -0.298 e. The van der Waals surface area contributed by atoms with Crippen LogP contribution in [0.25, 0.3) is 0 Å². The number of pyridine rings is 1. The lowest BCUT2D eigenvalue weighted by molar-refractivity contribution is 0.112. The normalized spacial score (nSPS) is 9.92. The second kappa shape index (κ2) is 5.46. The van der Waals surface area contributed by atoms with Crippen LogP contribution in [0.3, 0.4) is 0 Å². The predicted octanol–water partition coefficient (Wildman–Crippen LogP) is 2.63. The van der Waals surface area contributed by atoms with Crippen LogP contribution in [0.2, 0.25) is 0 Å². The standard InChI is InChI=1S/C11H15NO/c1-2-3-4-7-11-10(9-13)6-5-8-12-11/h5-6,8-9H,2-4,7H2,1H3. The van der Waals surface area contributed by atoms with Crippen molar-refractivity contribution in [3.63, 3.8) is 0 Å². The van der Waals surface area contributed by atoms with Crippen LogP contribution in [-0.2, 0) is 6.42 Å². The van der Waals surface area contributed by atoms with Crippen LogP contribution in [0.15, 0.2) is 18.3 Å². The first-order valence-corrected chi connectivity index (χ1v) is 4.77. The number of aryl methyl sites for hydroxylation is 1. The van der Waals surface area contributed by atoms with Crippen molar-refractivity contribution in [1.29, 1.82) is 0 Å². The minimum atomic E-state index is 0.735. The van der Waals surface area contributed by atoms with Crippen molar-refractivity contribution in [2.75, 3.05) is 0 Å². The second-order valence-electron chi connectivity index (χ2n) is 3.11. The van der Waals surface area contributed by atoms with Crippen molar-refractivity contribution in [1.82, 2.24) is 4.98 Å². The Morgan fingerprint density at radius 1 is 1.46 bits per heavy atom. The Hall–Kier alpha value is -1.18. The van der Waals surface area contributed by atoms with E-state index in [1.165, 1.54) is 12.8 Å². The summed E-state index contributed by atoms with van der Waals surface area (Å²) in [6.45, 7) is 2.17. The van der Waals surface area contributed by atoms with Crippen molar-refractivity contribution >= 4 is 6.29 Å². The molecule has 0 amide bonds. The monoisotopic (exact) mass is 177 g/mol. The van der Waals surface area contributed by atoms with Crippen LogP contribution in [0.1, 0.15) is 42.2 Å². The van der Waals surface area contributed by atoms with Gasteiger partial charge in [-0.3, -0.25) is 9.78 Å². The summed E-state index contributed by atoms with van der Waals surface area (Å²) in [5.41, 5.74) is 1.67. The van der Waals surface area contributed by atoms with Crippen molar-refractivity contribution in [3.8, 4) is 0 Å². The third-order valence-electron chi connectivity index (χ3n) is 2.07. The van der Waals surface area contributed by atoms with Crippen LogP contribution >= 0.6 is 0 Å². The number of carbonyl (C=O) groups is 1. The van der Waals surface area contributed by atoms with Crippen LogP contribution in [-0.4, -0.2) is 11.3 Å². The van der Waals surface area contributed by atoms with Gasteiger partial charge in [-0.05, 0) is 25.0 Å². The maximum absolute atomic E-state index is 10.6. The number of carbonyl (C=O) groups excluding carboxylic acids is 1. The molecular weight excluding hydrogens is 162 g/mol. The van der Waals surface area contributed by atoms with E-state index in [0.717, 1.165) is 30.4 Å². The van der Waals surface area contributed by atoms with Gasteiger partial charge in [0.15, 0.2) is 6.29 Å². The van der Waals surface area contributed by atoms with E-state index in [1.807, 2.05) is 6.07 Å². The van der Waals surface area contributed by atoms with E-state index >= 15 is 0 Å². The third-order valence-corrected chi connectivity index (χ3v) is 2.07. The maximum atomic E-state index is 10.6. The molecule has 1 heterocycles. The molecule has 1 aromatic heterocycles. The lowest BCUT2D eigenvalue weighted by Gasteiger charge is -2.01. The minimum absolute atomic E-state index is 0.735. The number of rotatable bonds is 5. The van der Waals surface area contributed by atoms with Crippen molar-refractivity contribution < 1.29 is 4.79 Å². The van der Waals surface area contributed by atoms with E-state index in [2.05, 4.69) is 11.9 Å². The first-order chi connectivity index (χ1) is 6.38. The molecule has 1 rings (SSSR count). The summed E-state index contributed by atoms with van der Waals surface area (Å²) < 4.78 is 0. The zero-order valence-electron chi connectivity index (χ0n) is 7.99. The molecule has 0 aliphatic heterocycles. The quantitative estimate of drug-likeness (QED) is 0.511. The van der Waals surface area contributed by atoms with E-state index in [0.29, 0.717) is 0 Å². The summed E-state index contributed by atoms with van der Waals surface area (Å²) in [6.07, 6.45) is 7.07. The first kappa shape index (κ1) is 9.90.